The maximum Gasteiger partial charge on any atom is 0.254 e. The largest absolute Gasteiger partial charge is 0.475 e. The van der Waals surface area contributed by atoms with Crippen LogP contribution in [0.25, 0.3) is 10.9 Å². The number of halogens is 5. The molecule has 134 valence electrons. The van der Waals surface area contributed by atoms with Gasteiger partial charge in [0.05, 0.1) is 5.39 Å². The van der Waals surface area contributed by atoms with E-state index in [0.717, 1.165) is 0 Å². The summed E-state index contributed by atoms with van der Waals surface area (Å²) in [6.07, 6.45) is 2.05. The Labute approximate surface area is 150 Å². The van der Waals surface area contributed by atoms with Crippen molar-refractivity contribution in [2.24, 2.45) is 11.8 Å². The first kappa shape index (κ1) is 17.1. The molecule has 2 fully saturated rings. The first-order valence-corrected chi connectivity index (χ1v) is 8.54. The number of ether oxygens (including phenoxy) is 1. The highest BCUT2D eigenvalue weighted by atomic mass is 35.5. The van der Waals surface area contributed by atoms with E-state index in [4.69, 9.17) is 27.9 Å². The summed E-state index contributed by atoms with van der Waals surface area (Å²) in [6.45, 7) is 0.605. The third-order valence-electron chi connectivity index (χ3n) is 4.79. The summed E-state index contributed by atoms with van der Waals surface area (Å²) in [5, 5.41) is 2.87. The van der Waals surface area contributed by atoms with Crippen molar-refractivity contribution in [3.63, 3.8) is 0 Å². The van der Waals surface area contributed by atoms with Gasteiger partial charge in [-0.05, 0) is 31.0 Å². The zero-order chi connectivity index (χ0) is 17.8. The van der Waals surface area contributed by atoms with Crippen LogP contribution in [0.4, 0.5) is 13.2 Å². The van der Waals surface area contributed by atoms with Crippen LogP contribution in [-0.2, 0) is 0 Å². The number of nitrogens with zero attached hydrogens (tertiary/aromatic N) is 3. The van der Waals surface area contributed by atoms with E-state index in [2.05, 4.69) is 20.3 Å². The standard InChI is InChI=1S/C15H13Cl2F3N4O/c16-12-10(18)11-7(4-22-14(17)23-11)13(24-12)25-5-6-3-9-8(1-2-21-6)15(9,19)20/h4,6,8-9,21H,1-3,5H2/t6-,8?,9?/m0/s1. The molecule has 10 heteroatoms. The number of nitrogens with one attached hydrogen (secondary N) is 1. The summed E-state index contributed by atoms with van der Waals surface area (Å²) in [6, 6.07) is -0.253. The summed E-state index contributed by atoms with van der Waals surface area (Å²) in [7, 11) is 0. The molecule has 2 unspecified atom stereocenters. The van der Waals surface area contributed by atoms with Gasteiger partial charge in [-0.1, -0.05) is 11.6 Å². The van der Waals surface area contributed by atoms with E-state index in [1.165, 1.54) is 6.20 Å². The predicted molar refractivity (Wildman–Crippen MR) is 85.8 cm³/mol. The molecule has 0 radical (unpaired) electrons. The van der Waals surface area contributed by atoms with Gasteiger partial charge in [-0.3, -0.25) is 0 Å². The van der Waals surface area contributed by atoms with E-state index in [-0.39, 0.29) is 34.7 Å². The van der Waals surface area contributed by atoms with Crippen molar-refractivity contribution < 1.29 is 17.9 Å². The van der Waals surface area contributed by atoms with Gasteiger partial charge in [-0.15, -0.1) is 0 Å². The molecule has 2 aliphatic rings. The van der Waals surface area contributed by atoms with E-state index in [9.17, 15) is 13.2 Å². The summed E-state index contributed by atoms with van der Waals surface area (Å²) in [5.74, 6) is -4.50. The molecule has 1 saturated heterocycles. The van der Waals surface area contributed by atoms with E-state index < -0.39 is 28.7 Å². The van der Waals surface area contributed by atoms with Gasteiger partial charge >= 0.3 is 0 Å². The second-order valence-corrected chi connectivity index (χ2v) is 6.99. The molecule has 5 nitrogen and oxygen atoms in total. The lowest BCUT2D eigenvalue weighted by Gasteiger charge is -2.18. The minimum atomic E-state index is -2.57. The number of rotatable bonds is 3. The average Bonchev–Trinajstić information content (AvgIpc) is 3.17. The van der Waals surface area contributed by atoms with Gasteiger partial charge in [0.25, 0.3) is 5.92 Å². The number of pyridine rings is 1. The maximum atomic E-state index is 14.1. The lowest BCUT2D eigenvalue weighted by Crippen LogP contribution is -2.35. The van der Waals surface area contributed by atoms with Crippen molar-refractivity contribution in [2.75, 3.05) is 13.2 Å². The molecular formula is C15H13Cl2F3N4O. The highest BCUT2D eigenvalue weighted by Gasteiger charge is 2.67. The predicted octanol–water partition coefficient (Wildman–Crippen LogP) is 3.48. The van der Waals surface area contributed by atoms with Gasteiger partial charge < -0.3 is 10.1 Å². The van der Waals surface area contributed by atoms with Gasteiger partial charge in [-0.25, -0.2) is 23.1 Å². The number of hydrogen-bond acceptors (Lipinski definition) is 5. The smallest absolute Gasteiger partial charge is 0.254 e. The first-order valence-electron chi connectivity index (χ1n) is 7.79. The minimum Gasteiger partial charge on any atom is -0.475 e. The topological polar surface area (TPSA) is 59.9 Å². The Kier molecular flexibility index (Phi) is 4.16. The average molecular weight is 393 g/mol. The van der Waals surface area contributed by atoms with Crippen LogP contribution >= 0.6 is 23.2 Å². The van der Waals surface area contributed by atoms with Gasteiger partial charge in [0, 0.05) is 24.1 Å². The van der Waals surface area contributed by atoms with Crippen molar-refractivity contribution in [3.05, 3.63) is 22.5 Å². The first-order chi connectivity index (χ1) is 11.9. The second-order valence-electron chi connectivity index (χ2n) is 6.30. The molecule has 1 N–H and O–H groups in total. The Morgan fingerprint density at radius 3 is 2.88 bits per heavy atom. The Morgan fingerprint density at radius 1 is 1.28 bits per heavy atom. The lowest BCUT2D eigenvalue weighted by molar-refractivity contribution is 0.0743. The van der Waals surface area contributed by atoms with Crippen LogP contribution in [0.3, 0.4) is 0 Å². The molecule has 1 aliphatic carbocycles. The molecular weight excluding hydrogens is 380 g/mol. The summed E-state index contributed by atoms with van der Waals surface area (Å²) >= 11 is 11.5. The molecule has 2 aromatic heterocycles. The molecule has 1 saturated carbocycles. The number of alkyl halides is 2. The molecule has 3 heterocycles. The summed E-state index contributed by atoms with van der Waals surface area (Å²) < 4.78 is 46.9. The van der Waals surface area contributed by atoms with Crippen molar-refractivity contribution >= 4 is 34.1 Å². The molecule has 4 rings (SSSR count). The molecule has 0 aromatic carbocycles. The number of fused-ring (bicyclic) bond motifs is 2. The monoisotopic (exact) mass is 392 g/mol. The Bertz CT molecular complexity index is 838. The number of aromatic nitrogens is 3. The Morgan fingerprint density at radius 2 is 2.08 bits per heavy atom. The van der Waals surface area contributed by atoms with Crippen molar-refractivity contribution in [2.45, 2.75) is 24.8 Å². The third kappa shape index (κ3) is 3.00. The Hall–Kier alpha value is -1.38. The van der Waals surface area contributed by atoms with Crippen LogP contribution < -0.4 is 10.1 Å². The third-order valence-corrected chi connectivity index (χ3v) is 5.22. The van der Waals surface area contributed by atoms with Crippen LogP contribution in [0.5, 0.6) is 5.88 Å². The molecule has 0 bridgehead atoms. The minimum absolute atomic E-state index is 0.0446. The lowest BCUT2D eigenvalue weighted by atomic mass is 10.1. The molecule has 2 aromatic rings. The molecule has 0 amide bonds. The summed E-state index contributed by atoms with van der Waals surface area (Å²) in [4.78, 5) is 11.5. The van der Waals surface area contributed by atoms with E-state index in [0.29, 0.717) is 19.4 Å². The normalized spacial score (nSPS) is 27.6. The highest BCUT2D eigenvalue weighted by molar-refractivity contribution is 6.30. The molecule has 1 aliphatic heterocycles. The zero-order valence-electron chi connectivity index (χ0n) is 12.8. The van der Waals surface area contributed by atoms with Gasteiger partial charge in [-0.2, -0.15) is 4.98 Å². The van der Waals surface area contributed by atoms with Crippen LogP contribution in [0.2, 0.25) is 10.4 Å². The van der Waals surface area contributed by atoms with Crippen LogP contribution in [0, 0.1) is 17.7 Å². The highest BCUT2D eigenvalue weighted by Crippen LogP contribution is 2.59. The van der Waals surface area contributed by atoms with Gasteiger partial charge in [0.1, 0.15) is 12.1 Å². The second kappa shape index (κ2) is 6.10. The van der Waals surface area contributed by atoms with E-state index in [1.54, 1.807) is 0 Å². The molecule has 25 heavy (non-hydrogen) atoms. The van der Waals surface area contributed by atoms with Crippen LogP contribution in [0.1, 0.15) is 12.8 Å². The van der Waals surface area contributed by atoms with Crippen molar-refractivity contribution in [1.29, 1.82) is 0 Å². The molecule has 0 spiro atoms. The Balaban J connectivity index is 1.54. The van der Waals surface area contributed by atoms with E-state index in [1.807, 2.05) is 0 Å². The van der Waals surface area contributed by atoms with Gasteiger partial charge in [0.15, 0.2) is 11.0 Å². The SMILES string of the molecule is Fc1c(Cl)nc(OC[C@@H]2CC3C(CCN2)C3(F)F)c2cnc(Cl)nc12. The number of hydrogen-bond donors (Lipinski definition) is 1. The maximum absolute atomic E-state index is 14.1. The quantitative estimate of drug-likeness (QED) is 0.639. The van der Waals surface area contributed by atoms with Gasteiger partial charge in [0.2, 0.25) is 11.2 Å². The zero-order valence-corrected chi connectivity index (χ0v) is 14.3. The van der Waals surface area contributed by atoms with Crippen LogP contribution in [-0.4, -0.2) is 40.1 Å². The van der Waals surface area contributed by atoms with Crippen molar-refractivity contribution in [1.82, 2.24) is 20.3 Å². The fourth-order valence-corrected chi connectivity index (χ4v) is 3.70. The molecule has 3 atom stereocenters. The fraction of sp³-hybridized carbons (Fsp3) is 0.533. The van der Waals surface area contributed by atoms with Crippen LogP contribution in [0.15, 0.2) is 6.20 Å². The van der Waals surface area contributed by atoms with Crippen molar-refractivity contribution in [3.8, 4) is 5.88 Å². The summed E-state index contributed by atoms with van der Waals surface area (Å²) in [5.41, 5.74) is -0.0994. The van der Waals surface area contributed by atoms with E-state index >= 15 is 0 Å². The fourth-order valence-electron chi connectivity index (χ4n) is 3.41.